The predicted molar refractivity (Wildman–Crippen MR) is 57.4 cm³/mol. The van der Waals surface area contributed by atoms with Gasteiger partial charge in [-0.25, -0.2) is 0 Å². The van der Waals surface area contributed by atoms with Crippen LogP contribution in [-0.2, 0) is 0 Å². The van der Waals surface area contributed by atoms with Gasteiger partial charge >= 0.3 is 0 Å². The first-order chi connectivity index (χ1) is 7.28. The molecule has 0 amide bonds. The molecule has 0 bridgehead atoms. The molecule has 82 valence electrons. The SMILES string of the molecule is CCOc1c(C=O)sc(C=O)c1OCC. The predicted octanol–water partition coefficient (Wildman–Crippen LogP) is 2.17. The molecule has 0 aliphatic heterocycles. The summed E-state index contributed by atoms with van der Waals surface area (Å²) in [5, 5.41) is 0. The number of aldehydes is 2. The summed E-state index contributed by atoms with van der Waals surface area (Å²) >= 11 is 1.08. The summed E-state index contributed by atoms with van der Waals surface area (Å²) in [6.07, 6.45) is 1.34. The summed E-state index contributed by atoms with van der Waals surface area (Å²) in [4.78, 5) is 22.3. The maximum Gasteiger partial charge on any atom is 0.183 e. The third-order valence-corrected chi connectivity index (χ3v) is 2.67. The van der Waals surface area contributed by atoms with Crippen LogP contribution in [-0.4, -0.2) is 25.8 Å². The van der Waals surface area contributed by atoms with Gasteiger partial charge in [-0.1, -0.05) is 0 Å². The highest BCUT2D eigenvalue weighted by atomic mass is 32.1. The average molecular weight is 228 g/mol. The van der Waals surface area contributed by atoms with Crippen LogP contribution in [0, 0.1) is 0 Å². The Bertz CT molecular complexity index is 324. The van der Waals surface area contributed by atoms with E-state index in [1.54, 1.807) is 0 Å². The lowest BCUT2D eigenvalue weighted by atomic mass is 10.3. The molecular weight excluding hydrogens is 216 g/mol. The maximum absolute atomic E-state index is 10.7. The quantitative estimate of drug-likeness (QED) is 0.700. The second kappa shape index (κ2) is 5.50. The Labute approximate surface area is 91.8 Å². The minimum Gasteiger partial charge on any atom is -0.488 e. The molecule has 1 aromatic heterocycles. The summed E-state index contributed by atoms with van der Waals surface area (Å²) in [6.45, 7) is 4.47. The van der Waals surface area contributed by atoms with Crippen molar-refractivity contribution in [3.8, 4) is 11.5 Å². The van der Waals surface area contributed by atoms with Gasteiger partial charge in [-0.3, -0.25) is 9.59 Å². The standard InChI is InChI=1S/C10H12O4S/c1-3-13-9-7(5-11)15-8(6-12)10(9)14-4-2/h5-6H,3-4H2,1-2H3. The lowest BCUT2D eigenvalue weighted by Crippen LogP contribution is -1.98. The molecule has 0 fully saturated rings. The molecule has 0 atom stereocenters. The van der Waals surface area contributed by atoms with Crippen molar-refractivity contribution in [2.75, 3.05) is 13.2 Å². The van der Waals surface area contributed by atoms with E-state index in [1.165, 1.54) is 0 Å². The molecule has 0 saturated carbocycles. The lowest BCUT2D eigenvalue weighted by Gasteiger charge is -2.06. The number of ether oxygens (including phenoxy) is 2. The fourth-order valence-corrected chi connectivity index (χ4v) is 1.97. The van der Waals surface area contributed by atoms with Crippen LogP contribution in [0.5, 0.6) is 11.5 Å². The van der Waals surface area contributed by atoms with Gasteiger partial charge in [-0.15, -0.1) is 11.3 Å². The van der Waals surface area contributed by atoms with Crippen LogP contribution < -0.4 is 9.47 Å². The highest BCUT2D eigenvalue weighted by molar-refractivity contribution is 7.16. The first kappa shape index (κ1) is 11.7. The number of carbonyl (C=O) groups excluding carboxylic acids is 2. The van der Waals surface area contributed by atoms with Gasteiger partial charge < -0.3 is 9.47 Å². The molecule has 0 aliphatic carbocycles. The van der Waals surface area contributed by atoms with Gasteiger partial charge in [0.15, 0.2) is 24.1 Å². The van der Waals surface area contributed by atoms with Gasteiger partial charge in [0.1, 0.15) is 9.75 Å². The number of hydrogen-bond donors (Lipinski definition) is 0. The zero-order valence-electron chi connectivity index (χ0n) is 8.61. The van der Waals surface area contributed by atoms with Crippen LogP contribution in [0.1, 0.15) is 33.2 Å². The smallest absolute Gasteiger partial charge is 0.183 e. The van der Waals surface area contributed by atoms with Gasteiger partial charge in [0.2, 0.25) is 0 Å². The second-order valence-corrected chi connectivity index (χ2v) is 3.67. The summed E-state index contributed by atoms with van der Waals surface area (Å²) in [6, 6.07) is 0. The van der Waals surface area contributed by atoms with Crippen molar-refractivity contribution in [1.29, 1.82) is 0 Å². The van der Waals surface area contributed by atoms with Crippen LogP contribution in [0.15, 0.2) is 0 Å². The van der Waals surface area contributed by atoms with Gasteiger partial charge in [-0.05, 0) is 13.8 Å². The molecule has 0 unspecified atom stereocenters. The number of hydrogen-bond acceptors (Lipinski definition) is 5. The molecular formula is C10H12O4S. The summed E-state index contributed by atoms with van der Waals surface area (Å²) < 4.78 is 10.6. The Morgan fingerprint density at radius 3 is 1.67 bits per heavy atom. The molecule has 0 saturated heterocycles. The van der Waals surface area contributed by atoms with E-state index in [2.05, 4.69) is 0 Å². The van der Waals surface area contributed by atoms with Gasteiger partial charge in [0, 0.05) is 0 Å². The van der Waals surface area contributed by atoms with Gasteiger partial charge in [0.25, 0.3) is 0 Å². The fourth-order valence-electron chi connectivity index (χ4n) is 1.15. The molecule has 1 heterocycles. The number of carbonyl (C=O) groups is 2. The van der Waals surface area contributed by atoms with Crippen LogP contribution in [0.25, 0.3) is 0 Å². The zero-order chi connectivity index (χ0) is 11.3. The Morgan fingerprint density at radius 1 is 1.00 bits per heavy atom. The van der Waals surface area contributed by atoms with E-state index in [4.69, 9.17) is 9.47 Å². The molecule has 1 aromatic rings. The van der Waals surface area contributed by atoms with Crippen LogP contribution in [0.4, 0.5) is 0 Å². The molecule has 0 spiro atoms. The molecule has 1 rings (SSSR count). The molecule has 0 aliphatic rings. The van der Waals surface area contributed by atoms with Crippen molar-refractivity contribution in [3.05, 3.63) is 9.75 Å². The normalized spacial score (nSPS) is 9.73. The third kappa shape index (κ3) is 2.36. The largest absolute Gasteiger partial charge is 0.488 e. The first-order valence-electron chi connectivity index (χ1n) is 4.61. The van der Waals surface area contributed by atoms with Crippen molar-refractivity contribution in [3.63, 3.8) is 0 Å². The van der Waals surface area contributed by atoms with Crippen molar-refractivity contribution < 1.29 is 19.1 Å². The number of rotatable bonds is 6. The molecule has 0 radical (unpaired) electrons. The van der Waals surface area contributed by atoms with E-state index in [0.29, 0.717) is 47.0 Å². The fraction of sp³-hybridized carbons (Fsp3) is 0.400. The summed E-state index contributed by atoms with van der Waals surface area (Å²) in [5.41, 5.74) is 0. The third-order valence-electron chi connectivity index (χ3n) is 1.67. The monoisotopic (exact) mass is 228 g/mol. The Hall–Kier alpha value is -1.36. The Kier molecular flexibility index (Phi) is 4.30. The average Bonchev–Trinajstić information content (AvgIpc) is 2.58. The summed E-state index contributed by atoms with van der Waals surface area (Å²) in [5.74, 6) is 0.753. The number of thiophene rings is 1. The van der Waals surface area contributed by atoms with Crippen molar-refractivity contribution in [1.82, 2.24) is 0 Å². The minimum absolute atomic E-state index is 0.376. The van der Waals surface area contributed by atoms with Crippen LogP contribution in [0.2, 0.25) is 0 Å². The van der Waals surface area contributed by atoms with E-state index < -0.39 is 0 Å². The van der Waals surface area contributed by atoms with E-state index in [9.17, 15) is 9.59 Å². The topological polar surface area (TPSA) is 52.6 Å². The molecule has 0 aromatic carbocycles. The van der Waals surface area contributed by atoms with Crippen LogP contribution in [0.3, 0.4) is 0 Å². The van der Waals surface area contributed by atoms with Crippen molar-refractivity contribution in [2.24, 2.45) is 0 Å². The Morgan fingerprint density at radius 2 is 1.40 bits per heavy atom. The van der Waals surface area contributed by atoms with Crippen molar-refractivity contribution >= 4 is 23.9 Å². The minimum atomic E-state index is 0.376. The van der Waals surface area contributed by atoms with Gasteiger partial charge in [-0.2, -0.15) is 0 Å². The molecule has 15 heavy (non-hydrogen) atoms. The van der Waals surface area contributed by atoms with Gasteiger partial charge in [0.05, 0.1) is 13.2 Å². The molecule has 5 heteroatoms. The van der Waals surface area contributed by atoms with E-state index in [1.807, 2.05) is 13.8 Å². The van der Waals surface area contributed by atoms with Crippen LogP contribution >= 0.6 is 11.3 Å². The van der Waals surface area contributed by atoms with E-state index >= 15 is 0 Å². The lowest BCUT2D eigenvalue weighted by molar-refractivity contribution is 0.111. The van der Waals surface area contributed by atoms with E-state index in [-0.39, 0.29) is 0 Å². The zero-order valence-corrected chi connectivity index (χ0v) is 9.43. The summed E-state index contributed by atoms with van der Waals surface area (Å²) in [7, 11) is 0. The maximum atomic E-state index is 10.7. The Balaban J connectivity index is 3.20. The highest BCUT2D eigenvalue weighted by Crippen LogP contribution is 2.40. The van der Waals surface area contributed by atoms with E-state index in [0.717, 1.165) is 11.3 Å². The highest BCUT2D eigenvalue weighted by Gasteiger charge is 2.19. The van der Waals surface area contributed by atoms with Crippen molar-refractivity contribution in [2.45, 2.75) is 13.8 Å². The molecule has 4 nitrogen and oxygen atoms in total. The molecule has 0 N–H and O–H groups in total. The first-order valence-corrected chi connectivity index (χ1v) is 5.42. The second-order valence-electron chi connectivity index (χ2n) is 2.59.